The van der Waals surface area contributed by atoms with Crippen LogP contribution in [-0.4, -0.2) is 34.1 Å². The summed E-state index contributed by atoms with van der Waals surface area (Å²) in [6.07, 6.45) is 2.26. The van der Waals surface area contributed by atoms with Crippen molar-refractivity contribution in [2.45, 2.75) is 31.8 Å². The number of fused-ring (bicyclic) bond motifs is 1. The van der Waals surface area contributed by atoms with Gasteiger partial charge in [-0.3, -0.25) is 0 Å². The Labute approximate surface area is 123 Å². The number of likely N-dealkylation sites (tertiary alicyclic amines) is 1. The summed E-state index contributed by atoms with van der Waals surface area (Å²) in [7, 11) is 2.19. The van der Waals surface area contributed by atoms with E-state index in [0.29, 0.717) is 12.1 Å². The van der Waals surface area contributed by atoms with Crippen molar-refractivity contribution < 1.29 is 0 Å². The fourth-order valence-corrected chi connectivity index (χ4v) is 3.54. The lowest BCUT2D eigenvalue weighted by Crippen LogP contribution is -2.38. The third-order valence-electron chi connectivity index (χ3n) is 4.25. The fraction of sp³-hybridized carbons (Fsp3) is 0.500. The summed E-state index contributed by atoms with van der Waals surface area (Å²) >= 11 is 11.7. The minimum absolute atomic E-state index is 0.464. The number of benzene rings is 1. The number of halogens is 1. The standard InChI is InChI=1S/C14H18ClN3S/c1-9-8-10(6-7-17(9)2)18-12-5-3-4-11(15)13(12)16-14(18)19/h3-5,9-10H,6-8H2,1-2H3,(H,16,19). The van der Waals surface area contributed by atoms with Gasteiger partial charge in [-0.05, 0) is 51.2 Å². The van der Waals surface area contributed by atoms with Crippen LogP contribution in [0, 0.1) is 4.77 Å². The van der Waals surface area contributed by atoms with Crippen molar-refractivity contribution in [2.75, 3.05) is 13.6 Å². The monoisotopic (exact) mass is 295 g/mol. The van der Waals surface area contributed by atoms with Crippen molar-refractivity contribution in [1.29, 1.82) is 0 Å². The summed E-state index contributed by atoms with van der Waals surface area (Å²) in [6, 6.07) is 7.03. The summed E-state index contributed by atoms with van der Waals surface area (Å²) in [6.45, 7) is 3.39. The molecule has 1 N–H and O–H groups in total. The number of para-hydroxylation sites is 1. The highest BCUT2D eigenvalue weighted by atomic mass is 35.5. The summed E-state index contributed by atoms with van der Waals surface area (Å²) in [5, 5.41) is 0.739. The first-order valence-corrected chi connectivity index (χ1v) is 7.45. The molecule has 0 radical (unpaired) electrons. The van der Waals surface area contributed by atoms with Gasteiger partial charge in [-0.2, -0.15) is 0 Å². The number of aromatic nitrogens is 2. The van der Waals surface area contributed by atoms with Gasteiger partial charge >= 0.3 is 0 Å². The molecule has 1 aromatic carbocycles. The van der Waals surface area contributed by atoms with Gasteiger partial charge in [0.25, 0.3) is 0 Å². The van der Waals surface area contributed by atoms with E-state index < -0.39 is 0 Å². The van der Waals surface area contributed by atoms with Crippen molar-refractivity contribution >= 4 is 34.9 Å². The van der Waals surface area contributed by atoms with Gasteiger partial charge in [0.15, 0.2) is 4.77 Å². The van der Waals surface area contributed by atoms with Crippen LogP contribution in [0.1, 0.15) is 25.8 Å². The van der Waals surface area contributed by atoms with E-state index in [-0.39, 0.29) is 0 Å². The van der Waals surface area contributed by atoms with E-state index in [9.17, 15) is 0 Å². The van der Waals surface area contributed by atoms with Gasteiger partial charge in [0.1, 0.15) is 0 Å². The minimum atomic E-state index is 0.464. The zero-order chi connectivity index (χ0) is 13.6. The molecular weight excluding hydrogens is 278 g/mol. The van der Waals surface area contributed by atoms with E-state index in [1.165, 1.54) is 0 Å². The molecule has 0 aliphatic carbocycles. The lowest BCUT2D eigenvalue weighted by atomic mass is 9.98. The summed E-state index contributed by atoms with van der Waals surface area (Å²) < 4.78 is 3.03. The van der Waals surface area contributed by atoms with Crippen LogP contribution in [0.5, 0.6) is 0 Å². The van der Waals surface area contributed by atoms with Gasteiger partial charge in [0.05, 0.1) is 16.1 Å². The van der Waals surface area contributed by atoms with Crippen molar-refractivity contribution in [2.24, 2.45) is 0 Å². The van der Waals surface area contributed by atoms with Gasteiger partial charge in [-0.25, -0.2) is 0 Å². The summed E-state index contributed by atoms with van der Waals surface area (Å²) in [5.74, 6) is 0. The molecule has 2 heterocycles. The molecule has 19 heavy (non-hydrogen) atoms. The van der Waals surface area contributed by atoms with Gasteiger partial charge in [0.2, 0.25) is 0 Å². The van der Waals surface area contributed by atoms with Gasteiger partial charge in [-0.15, -0.1) is 0 Å². The predicted octanol–water partition coefficient (Wildman–Crippen LogP) is 4.01. The molecule has 1 fully saturated rings. The predicted molar refractivity (Wildman–Crippen MR) is 82.5 cm³/mol. The van der Waals surface area contributed by atoms with Gasteiger partial charge in [0, 0.05) is 18.6 Å². The molecule has 1 aliphatic heterocycles. The first kappa shape index (κ1) is 13.2. The van der Waals surface area contributed by atoms with Crippen LogP contribution in [-0.2, 0) is 0 Å². The first-order chi connectivity index (χ1) is 9.08. The second-order valence-corrected chi connectivity index (χ2v) is 6.24. The van der Waals surface area contributed by atoms with Crippen molar-refractivity contribution in [3.8, 4) is 0 Å². The Morgan fingerprint density at radius 2 is 2.21 bits per heavy atom. The summed E-state index contributed by atoms with van der Waals surface area (Å²) in [5.41, 5.74) is 2.08. The van der Waals surface area contributed by atoms with Crippen molar-refractivity contribution in [3.05, 3.63) is 28.0 Å². The largest absolute Gasteiger partial charge is 0.329 e. The molecule has 102 valence electrons. The third-order valence-corrected chi connectivity index (χ3v) is 4.86. The molecule has 2 aromatic rings. The molecule has 0 spiro atoms. The van der Waals surface area contributed by atoms with E-state index >= 15 is 0 Å². The van der Waals surface area contributed by atoms with E-state index in [2.05, 4.69) is 34.5 Å². The maximum atomic E-state index is 6.23. The van der Waals surface area contributed by atoms with Crippen LogP contribution in [0.2, 0.25) is 5.02 Å². The van der Waals surface area contributed by atoms with Crippen LogP contribution < -0.4 is 0 Å². The summed E-state index contributed by atoms with van der Waals surface area (Å²) in [4.78, 5) is 5.66. The maximum absolute atomic E-state index is 6.23. The highest BCUT2D eigenvalue weighted by Gasteiger charge is 2.25. The minimum Gasteiger partial charge on any atom is -0.329 e. The van der Waals surface area contributed by atoms with Crippen LogP contribution >= 0.6 is 23.8 Å². The number of H-pyrrole nitrogens is 1. The number of piperidine rings is 1. The Morgan fingerprint density at radius 3 is 2.95 bits per heavy atom. The molecule has 0 bridgehead atoms. The van der Waals surface area contributed by atoms with E-state index in [1.807, 2.05) is 12.1 Å². The normalized spacial score (nSPS) is 25.0. The second-order valence-electron chi connectivity index (χ2n) is 5.44. The Balaban J connectivity index is 2.08. The van der Waals surface area contributed by atoms with Crippen molar-refractivity contribution in [1.82, 2.24) is 14.5 Å². The number of hydrogen-bond donors (Lipinski definition) is 1. The average Bonchev–Trinajstić information content (AvgIpc) is 2.71. The quantitative estimate of drug-likeness (QED) is 0.804. The van der Waals surface area contributed by atoms with Gasteiger partial charge < -0.3 is 14.5 Å². The highest BCUT2D eigenvalue weighted by molar-refractivity contribution is 7.71. The first-order valence-electron chi connectivity index (χ1n) is 6.67. The number of aromatic amines is 1. The highest BCUT2D eigenvalue weighted by Crippen LogP contribution is 2.31. The third kappa shape index (κ3) is 2.22. The molecule has 5 heteroatoms. The molecule has 1 saturated heterocycles. The second kappa shape index (κ2) is 4.93. The molecule has 3 nitrogen and oxygen atoms in total. The number of nitrogens with zero attached hydrogens (tertiary/aromatic N) is 2. The molecule has 3 rings (SSSR count). The molecule has 2 unspecified atom stereocenters. The van der Waals surface area contributed by atoms with Gasteiger partial charge in [-0.1, -0.05) is 17.7 Å². The van der Waals surface area contributed by atoms with Crippen molar-refractivity contribution in [3.63, 3.8) is 0 Å². The molecule has 0 amide bonds. The Kier molecular flexibility index (Phi) is 3.41. The number of nitrogens with one attached hydrogen (secondary N) is 1. The Bertz CT molecular complexity index is 660. The number of rotatable bonds is 1. The lowest BCUT2D eigenvalue weighted by molar-refractivity contribution is 0.158. The van der Waals surface area contributed by atoms with E-state index in [0.717, 1.165) is 40.2 Å². The average molecular weight is 296 g/mol. The zero-order valence-electron chi connectivity index (χ0n) is 11.2. The Hall–Kier alpha value is -0.840. The number of imidazole rings is 1. The van der Waals surface area contributed by atoms with E-state index in [4.69, 9.17) is 23.8 Å². The van der Waals surface area contributed by atoms with Crippen LogP contribution in [0.4, 0.5) is 0 Å². The van der Waals surface area contributed by atoms with Crippen LogP contribution in [0.25, 0.3) is 11.0 Å². The van der Waals surface area contributed by atoms with Crippen LogP contribution in [0.15, 0.2) is 18.2 Å². The molecule has 1 aliphatic rings. The topological polar surface area (TPSA) is 24.0 Å². The fourth-order valence-electron chi connectivity index (χ4n) is 2.98. The van der Waals surface area contributed by atoms with Crippen LogP contribution in [0.3, 0.4) is 0 Å². The smallest absolute Gasteiger partial charge is 0.178 e. The molecule has 1 aromatic heterocycles. The Morgan fingerprint density at radius 1 is 1.42 bits per heavy atom. The van der Waals surface area contributed by atoms with E-state index in [1.54, 1.807) is 0 Å². The zero-order valence-corrected chi connectivity index (χ0v) is 12.8. The molecule has 0 saturated carbocycles. The maximum Gasteiger partial charge on any atom is 0.178 e. The molecule has 2 atom stereocenters. The molecular formula is C14H18ClN3S. The lowest BCUT2D eigenvalue weighted by Gasteiger charge is -2.35. The SMILES string of the molecule is CC1CC(n2c(=S)[nH]c3c(Cl)cccc32)CCN1C. The number of hydrogen-bond acceptors (Lipinski definition) is 2.